The average Bonchev–Trinajstić information content (AvgIpc) is 2.83. The van der Waals surface area contributed by atoms with E-state index >= 15 is 0 Å². The number of hydrogen-bond acceptors (Lipinski definition) is 3. The van der Waals surface area contributed by atoms with E-state index in [4.69, 9.17) is 0 Å². The molecule has 2 aromatic rings. The summed E-state index contributed by atoms with van der Waals surface area (Å²) >= 11 is 0. The first kappa shape index (κ1) is 18.1. The fourth-order valence-electron chi connectivity index (χ4n) is 3.21. The van der Waals surface area contributed by atoms with Gasteiger partial charge < -0.3 is 10.2 Å². The summed E-state index contributed by atoms with van der Waals surface area (Å²) in [6.07, 6.45) is 3.86. The summed E-state index contributed by atoms with van der Waals surface area (Å²) in [5.74, 6) is 0.418. The topological polar surface area (TPSA) is 62.3 Å². The number of amides is 2. The molecule has 3 rings (SSSR count). The number of benzene rings is 1. The van der Waals surface area contributed by atoms with Crippen molar-refractivity contribution in [2.75, 3.05) is 13.1 Å². The molecule has 0 bridgehead atoms. The molecule has 0 saturated carbocycles. The zero-order valence-electron chi connectivity index (χ0n) is 15.1. The second-order valence-corrected chi connectivity index (χ2v) is 6.89. The standard InChI is InChI=1S/C21H25N3O2/c1-16-7-9-19(14-22-16)21(26)23-13-17-8-10-20(25)24(12-11-17)15-18-5-3-2-4-6-18/h2-7,9,14,17H,8,10-13,15H2,1H3,(H,23,26). The van der Waals surface area contributed by atoms with Crippen LogP contribution in [0, 0.1) is 12.8 Å². The number of likely N-dealkylation sites (tertiary alicyclic amines) is 1. The van der Waals surface area contributed by atoms with E-state index in [1.54, 1.807) is 12.3 Å². The van der Waals surface area contributed by atoms with Crippen molar-refractivity contribution in [1.29, 1.82) is 0 Å². The van der Waals surface area contributed by atoms with Crippen molar-refractivity contribution in [3.8, 4) is 0 Å². The summed E-state index contributed by atoms with van der Waals surface area (Å²) in [4.78, 5) is 30.7. The van der Waals surface area contributed by atoms with Crippen LogP contribution in [0.1, 0.15) is 40.9 Å². The zero-order chi connectivity index (χ0) is 18.4. The summed E-state index contributed by atoms with van der Waals surface area (Å²) in [6.45, 7) is 3.89. The lowest BCUT2D eigenvalue weighted by atomic mass is 10.0. The van der Waals surface area contributed by atoms with Crippen molar-refractivity contribution >= 4 is 11.8 Å². The molecule has 1 aliphatic rings. The second-order valence-electron chi connectivity index (χ2n) is 6.89. The summed E-state index contributed by atoms with van der Waals surface area (Å²) in [7, 11) is 0. The van der Waals surface area contributed by atoms with E-state index in [9.17, 15) is 9.59 Å². The van der Waals surface area contributed by atoms with E-state index in [-0.39, 0.29) is 11.8 Å². The molecule has 5 nitrogen and oxygen atoms in total. The number of aryl methyl sites for hydroxylation is 1. The van der Waals surface area contributed by atoms with Gasteiger partial charge >= 0.3 is 0 Å². The normalized spacial score (nSPS) is 17.7. The van der Waals surface area contributed by atoms with Crippen molar-refractivity contribution in [3.05, 3.63) is 65.5 Å². The predicted molar refractivity (Wildman–Crippen MR) is 101 cm³/mol. The highest BCUT2D eigenvalue weighted by molar-refractivity contribution is 5.93. The molecule has 1 aliphatic heterocycles. The number of hydrogen-bond donors (Lipinski definition) is 1. The maximum atomic E-state index is 12.4. The van der Waals surface area contributed by atoms with E-state index in [0.29, 0.717) is 31.0 Å². The van der Waals surface area contributed by atoms with Crippen LogP contribution in [0.5, 0.6) is 0 Å². The number of aromatic nitrogens is 1. The Morgan fingerprint density at radius 1 is 1.19 bits per heavy atom. The predicted octanol–water partition coefficient (Wildman–Crippen LogP) is 2.95. The highest BCUT2D eigenvalue weighted by atomic mass is 16.2. The van der Waals surface area contributed by atoms with Crippen LogP contribution in [0.2, 0.25) is 0 Å². The number of carbonyl (C=O) groups is 2. The molecule has 2 amide bonds. The van der Waals surface area contributed by atoms with Crippen LogP contribution in [-0.2, 0) is 11.3 Å². The number of nitrogens with one attached hydrogen (secondary N) is 1. The van der Waals surface area contributed by atoms with Gasteiger partial charge in [-0.2, -0.15) is 0 Å². The van der Waals surface area contributed by atoms with E-state index in [1.165, 1.54) is 0 Å². The molecule has 5 heteroatoms. The van der Waals surface area contributed by atoms with Gasteiger partial charge in [-0.3, -0.25) is 14.6 Å². The van der Waals surface area contributed by atoms with Gasteiger partial charge in [0.05, 0.1) is 5.56 Å². The Kier molecular flexibility index (Phi) is 6.00. The molecule has 136 valence electrons. The summed E-state index contributed by atoms with van der Waals surface area (Å²) in [5, 5.41) is 2.99. The molecule has 1 saturated heterocycles. The van der Waals surface area contributed by atoms with Crippen LogP contribution in [-0.4, -0.2) is 34.8 Å². The van der Waals surface area contributed by atoms with Crippen LogP contribution in [0.3, 0.4) is 0 Å². The third-order valence-corrected chi connectivity index (χ3v) is 4.87. The molecule has 1 unspecified atom stereocenters. The van der Waals surface area contributed by atoms with Gasteiger partial charge in [0.15, 0.2) is 0 Å². The van der Waals surface area contributed by atoms with Gasteiger partial charge in [0.1, 0.15) is 0 Å². The molecule has 1 atom stereocenters. The number of rotatable bonds is 5. The molecule has 0 radical (unpaired) electrons. The van der Waals surface area contributed by atoms with Crippen molar-refractivity contribution in [3.63, 3.8) is 0 Å². The second kappa shape index (κ2) is 8.61. The van der Waals surface area contributed by atoms with E-state index in [2.05, 4.69) is 10.3 Å². The van der Waals surface area contributed by atoms with Crippen LogP contribution in [0.25, 0.3) is 0 Å². The molecule has 2 heterocycles. The van der Waals surface area contributed by atoms with E-state index in [1.807, 2.05) is 48.2 Å². The van der Waals surface area contributed by atoms with Crippen LogP contribution in [0.15, 0.2) is 48.7 Å². The Hall–Kier alpha value is -2.69. The van der Waals surface area contributed by atoms with E-state index in [0.717, 1.165) is 30.6 Å². The maximum absolute atomic E-state index is 12.4. The lowest BCUT2D eigenvalue weighted by molar-refractivity contribution is -0.131. The Morgan fingerprint density at radius 3 is 2.73 bits per heavy atom. The van der Waals surface area contributed by atoms with Gasteiger partial charge in [-0.25, -0.2) is 0 Å². The fraction of sp³-hybridized carbons (Fsp3) is 0.381. The van der Waals surface area contributed by atoms with Gasteiger partial charge in [0, 0.05) is 37.9 Å². The molecule has 1 N–H and O–H groups in total. The maximum Gasteiger partial charge on any atom is 0.252 e. The van der Waals surface area contributed by atoms with Crippen LogP contribution < -0.4 is 5.32 Å². The third-order valence-electron chi connectivity index (χ3n) is 4.87. The van der Waals surface area contributed by atoms with E-state index < -0.39 is 0 Å². The summed E-state index contributed by atoms with van der Waals surface area (Å²) in [6, 6.07) is 13.7. The summed E-state index contributed by atoms with van der Waals surface area (Å²) in [5.41, 5.74) is 2.62. The molecular formula is C21H25N3O2. The molecule has 1 aromatic carbocycles. The molecule has 0 spiro atoms. The summed E-state index contributed by atoms with van der Waals surface area (Å²) < 4.78 is 0. The van der Waals surface area contributed by atoms with Gasteiger partial charge in [-0.05, 0) is 43.4 Å². The van der Waals surface area contributed by atoms with Gasteiger partial charge in [0.25, 0.3) is 5.91 Å². The minimum atomic E-state index is -0.103. The first-order valence-electron chi connectivity index (χ1n) is 9.14. The van der Waals surface area contributed by atoms with Crippen molar-refractivity contribution in [1.82, 2.24) is 15.2 Å². The average molecular weight is 351 g/mol. The Morgan fingerprint density at radius 2 is 2.00 bits per heavy atom. The lowest BCUT2D eigenvalue weighted by Gasteiger charge is -2.21. The van der Waals surface area contributed by atoms with Crippen molar-refractivity contribution in [2.24, 2.45) is 5.92 Å². The van der Waals surface area contributed by atoms with Crippen molar-refractivity contribution < 1.29 is 9.59 Å². The fourth-order valence-corrected chi connectivity index (χ4v) is 3.21. The minimum absolute atomic E-state index is 0.103. The Bertz CT molecular complexity index is 744. The Balaban J connectivity index is 1.50. The number of carbonyl (C=O) groups excluding carboxylic acids is 2. The lowest BCUT2D eigenvalue weighted by Crippen LogP contribution is -2.31. The molecule has 26 heavy (non-hydrogen) atoms. The zero-order valence-corrected chi connectivity index (χ0v) is 15.1. The monoisotopic (exact) mass is 351 g/mol. The molecule has 0 aliphatic carbocycles. The Labute approximate surface area is 154 Å². The van der Waals surface area contributed by atoms with Crippen molar-refractivity contribution in [2.45, 2.75) is 32.7 Å². The highest BCUT2D eigenvalue weighted by Gasteiger charge is 2.23. The van der Waals surface area contributed by atoms with Gasteiger partial charge in [0.2, 0.25) is 5.91 Å². The third kappa shape index (κ3) is 4.91. The SMILES string of the molecule is Cc1ccc(C(=O)NCC2CCC(=O)N(Cc3ccccc3)CC2)cn1. The first-order valence-corrected chi connectivity index (χ1v) is 9.14. The first-order chi connectivity index (χ1) is 12.6. The largest absolute Gasteiger partial charge is 0.352 e. The van der Waals surface area contributed by atoms with Crippen LogP contribution in [0.4, 0.5) is 0 Å². The van der Waals surface area contributed by atoms with Gasteiger partial charge in [-0.1, -0.05) is 30.3 Å². The van der Waals surface area contributed by atoms with Crippen LogP contribution >= 0.6 is 0 Å². The number of pyridine rings is 1. The highest BCUT2D eigenvalue weighted by Crippen LogP contribution is 2.19. The molecular weight excluding hydrogens is 326 g/mol. The molecule has 1 fully saturated rings. The number of nitrogens with zero attached hydrogens (tertiary/aromatic N) is 2. The smallest absolute Gasteiger partial charge is 0.252 e. The minimum Gasteiger partial charge on any atom is -0.352 e. The van der Waals surface area contributed by atoms with Gasteiger partial charge in [-0.15, -0.1) is 0 Å². The quantitative estimate of drug-likeness (QED) is 0.901. The molecule has 1 aromatic heterocycles.